The van der Waals surface area contributed by atoms with Gasteiger partial charge in [-0.05, 0) is 74.7 Å². The maximum Gasteiger partial charge on any atom is 0.261 e. The molecule has 1 atom stereocenters. The molecular weight excluding hydrogens is 396 g/mol. The van der Waals surface area contributed by atoms with Crippen LogP contribution in [-0.2, 0) is 16.4 Å². The number of carbonyl (C=O) groups excluding carboxylic acids is 1. The molecule has 1 N–H and O–H groups in total. The molecule has 30 heavy (non-hydrogen) atoms. The molecule has 5 nitrogen and oxygen atoms in total. The highest BCUT2D eigenvalue weighted by Gasteiger charge is 2.32. The van der Waals surface area contributed by atoms with Crippen LogP contribution < -0.4 is 9.62 Å². The number of benzene rings is 3. The number of nitrogens with zero attached hydrogens (tertiary/aromatic N) is 1. The van der Waals surface area contributed by atoms with Crippen molar-refractivity contribution in [1.29, 1.82) is 0 Å². The monoisotopic (exact) mass is 420 g/mol. The minimum atomic E-state index is -3.73. The zero-order valence-electron chi connectivity index (χ0n) is 17.2. The van der Waals surface area contributed by atoms with E-state index in [-0.39, 0.29) is 16.8 Å². The van der Waals surface area contributed by atoms with Crippen molar-refractivity contribution in [2.45, 2.75) is 38.1 Å². The third kappa shape index (κ3) is 3.71. The summed E-state index contributed by atoms with van der Waals surface area (Å²) in [6.45, 7) is 5.82. The fourth-order valence-corrected chi connectivity index (χ4v) is 5.12. The Labute approximate surface area is 177 Å². The fourth-order valence-electron chi connectivity index (χ4n) is 3.94. The van der Waals surface area contributed by atoms with Crippen LogP contribution in [0.3, 0.4) is 0 Å². The molecule has 3 aromatic rings. The van der Waals surface area contributed by atoms with Crippen LogP contribution in [0.1, 0.15) is 34.0 Å². The second kappa shape index (κ2) is 7.61. The lowest BCUT2D eigenvalue weighted by Crippen LogP contribution is -2.35. The molecule has 1 aliphatic heterocycles. The third-order valence-electron chi connectivity index (χ3n) is 5.44. The van der Waals surface area contributed by atoms with Crippen molar-refractivity contribution in [1.82, 2.24) is 0 Å². The lowest BCUT2D eigenvalue weighted by atomic mass is 10.1. The normalized spacial score (nSPS) is 15.7. The van der Waals surface area contributed by atoms with Crippen molar-refractivity contribution in [2.75, 3.05) is 9.62 Å². The minimum Gasteiger partial charge on any atom is -0.305 e. The van der Waals surface area contributed by atoms with Crippen molar-refractivity contribution in [2.24, 2.45) is 0 Å². The predicted molar refractivity (Wildman–Crippen MR) is 120 cm³/mol. The van der Waals surface area contributed by atoms with Crippen molar-refractivity contribution in [3.05, 3.63) is 89.0 Å². The first-order chi connectivity index (χ1) is 14.3. The van der Waals surface area contributed by atoms with Gasteiger partial charge in [0.2, 0.25) is 0 Å². The van der Waals surface area contributed by atoms with Crippen molar-refractivity contribution in [3.8, 4) is 0 Å². The van der Waals surface area contributed by atoms with Crippen LogP contribution in [0, 0.1) is 13.8 Å². The Morgan fingerprint density at radius 1 is 1.00 bits per heavy atom. The molecule has 0 unspecified atom stereocenters. The highest BCUT2D eigenvalue weighted by atomic mass is 32.2. The van der Waals surface area contributed by atoms with Gasteiger partial charge in [0.1, 0.15) is 0 Å². The fraction of sp³-hybridized carbons (Fsp3) is 0.208. The molecule has 1 amide bonds. The molecule has 0 spiro atoms. The smallest absolute Gasteiger partial charge is 0.261 e. The van der Waals surface area contributed by atoms with E-state index in [9.17, 15) is 13.2 Å². The summed E-state index contributed by atoms with van der Waals surface area (Å²) in [5, 5.41) is 0. The highest BCUT2D eigenvalue weighted by Crippen LogP contribution is 2.35. The van der Waals surface area contributed by atoms with Gasteiger partial charge in [-0.3, -0.25) is 9.52 Å². The lowest BCUT2D eigenvalue weighted by molar-refractivity contribution is 0.0981. The van der Waals surface area contributed by atoms with E-state index >= 15 is 0 Å². The summed E-state index contributed by atoms with van der Waals surface area (Å²) >= 11 is 0. The summed E-state index contributed by atoms with van der Waals surface area (Å²) in [7, 11) is -3.73. The van der Waals surface area contributed by atoms with Crippen LogP contribution in [0.5, 0.6) is 0 Å². The van der Waals surface area contributed by atoms with Crippen LogP contribution in [0.25, 0.3) is 0 Å². The molecule has 0 fully saturated rings. The van der Waals surface area contributed by atoms with E-state index in [0.29, 0.717) is 17.7 Å². The maximum atomic E-state index is 13.0. The van der Waals surface area contributed by atoms with E-state index in [0.717, 1.165) is 22.4 Å². The van der Waals surface area contributed by atoms with Gasteiger partial charge < -0.3 is 4.90 Å². The first-order valence-corrected chi connectivity index (χ1v) is 11.4. The largest absolute Gasteiger partial charge is 0.305 e. The first kappa shape index (κ1) is 20.2. The van der Waals surface area contributed by atoms with Gasteiger partial charge in [-0.25, -0.2) is 8.42 Å². The van der Waals surface area contributed by atoms with Gasteiger partial charge in [-0.15, -0.1) is 0 Å². The summed E-state index contributed by atoms with van der Waals surface area (Å²) in [5.74, 6) is -0.0779. The SMILES string of the molecule is Cc1ccc(NS(=O)(=O)c2ccc3c(c2)C[C@@H](C)N3C(=O)c2ccccc2)c(C)c1. The van der Waals surface area contributed by atoms with Gasteiger partial charge >= 0.3 is 0 Å². The zero-order valence-corrected chi connectivity index (χ0v) is 18.0. The maximum absolute atomic E-state index is 13.0. The molecule has 1 heterocycles. The van der Waals surface area contributed by atoms with Gasteiger partial charge in [0.15, 0.2) is 0 Å². The second-order valence-electron chi connectivity index (χ2n) is 7.81. The lowest BCUT2D eigenvalue weighted by Gasteiger charge is -2.23. The summed E-state index contributed by atoms with van der Waals surface area (Å²) in [6.07, 6.45) is 0.612. The summed E-state index contributed by atoms with van der Waals surface area (Å²) in [6, 6.07) is 19.7. The average molecular weight is 421 g/mol. The van der Waals surface area contributed by atoms with Crippen LogP contribution >= 0.6 is 0 Å². The Bertz CT molecular complexity index is 1220. The third-order valence-corrected chi connectivity index (χ3v) is 6.81. The molecule has 0 saturated heterocycles. The Balaban J connectivity index is 1.64. The predicted octanol–water partition coefficient (Wildman–Crippen LogP) is 4.70. The zero-order chi connectivity index (χ0) is 21.5. The number of carbonyl (C=O) groups is 1. The first-order valence-electron chi connectivity index (χ1n) is 9.88. The number of nitrogens with one attached hydrogen (secondary N) is 1. The molecule has 0 bridgehead atoms. The van der Waals surface area contributed by atoms with Crippen LogP contribution in [-0.4, -0.2) is 20.4 Å². The Morgan fingerprint density at radius 2 is 1.73 bits per heavy atom. The Hall–Kier alpha value is -3.12. The van der Waals surface area contributed by atoms with E-state index in [1.165, 1.54) is 0 Å². The van der Waals surface area contributed by atoms with E-state index < -0.39 is 10.0 Å². The molecule has 1 aliphatic rings. The minimum absolute atomic E-state index is 0.0436. The van der Waals surface area contributed by atoms with E-state index in [4.69, 9.17) is 0 Å². The molecule has 0 aromatic heterocycles. The Kier molecular flexibility index (Phi) is 5.12. The molecule has 6 heteroatoms. The topological polar surface area (TPSA) is 66.5 Å². The van der Waals surface area contributed by atoms with E-state index in [1.54, 1.807) is 41.3 Å². The molecule has 3 aromatic carbocycles. The van der Waals surface area contributed by atoms with Gasteiger partial charge in [-0.1, -0.05) is 35.9 Å². The number of anilines is 2. The van der Waals surface area contributed by atoms with E-state index in [2.05, 4.69) is 4.72 Å². The summed E-state index contributed by atoms with van der Waals surface area (Å²) < 4.78 is 28.6. The molecule has 0 radical (unpaired) electrons. The number of sulfonamides is 1. The van der Waals surface area contributed by atoms with E-state index in [1.807, 2.05) is 51.1 Å². The van der Waals surface area contributed by atoms with Crippen LogP contribution in [0.4, 0.5) is 11.4 Å². The molecular formula is C24H24N2O3S. The molecule has 0 aliphatic carbocycles. The standard InChI is InChI=1S/C24H24N2O3S/c1-16-9-11-22(17(2)13-16)25-30(28,29)21-10-12-23-20(15-21)14-18(3)26(23)24(27)19-7-5-4-6-8-19/h4-13,15,18,25H,14H2,1-3H3/t18-/m1/s1. The van der Waals surface area contributed by atoms with Crippen molar-refractivity contribution >= 4 is 27.3 Å². The number of rotatable bonds is 4. The second-order valence-corrected chi connectivity index (χ2v) is 9.49. The Morgan fingerprint density at radius 3 is 2.43 bits per heavy atom. The van der Waals surface area contributed by atoms with Crippen LogP contribution in [0.2, 0.25) is 0 Å². The quantitative estimate of drug-likeness (QED) is 0.666. The van der Waals surface area contributed by atoms with Gasteiger partial charge in [-0.2, -0.15) is 0 Å². The molecule has 154 valence electrons. The number of hydrogen-bond donors (Lipinski definition) is 1. The van der Waals surface area contributed by atoms with Crippen molar-refractivity contribution < 1.29 is 13.2 Å². The summed E-state index contributed by atoms with van der Waals surface area (Å²) in [4.78, 5) is 14.9. The summed E-state index contributed by atoms with van der Waals surface area (Å²) in [5.41, 5.74) is 4.75. The number of hydrogen-bond acceptors (Lipinski definition) is 3. The number of fused-ring (bicyclic) bond motifs is 1. The molecule has 0 saturated carbocycles. The van der Waals surface area contributed by atoms with Crippen LogP contribution in [0.15, 0.2) is 71.6 Å². The molecule has 4 rings (SSSR count). The number of amides is 1. The van der Waals surface area contributed by atoms with Gasteiger partial charge in [0, 0.05) is 17.3 Å². The number of aryl methyl sites for hydroxylation is 2. The van der Waals surface area contributed by atoms with Gasteiger partial charge in [0.05, 0.1) is 10.6 Å². The van der Waals surface area contributed by atoms with Crippen molar-refractivity contribution in [3.63, 3.8) is 0 Å². The average Bonchev–Trinajstić information content (AvgIpc) is 3.05. The van der Waals surface area contributed by atoms with Gasteiger partial charge in [0.25, 0.3) is 15.9 Å². The highest BCUT2D eigenvalue weighted by molar-refractivity contribution is 7.92.